The minimum atomic E-state index is -1.00. The number of esters is 1. The van der Waals surface area contributed by atoms with Gasteiger partial charge in [0.25, 0.3) is 5.91 Å². The van der Waals surface area contributed by atoms with Gasteiger partial charge in [-0.15, -0.1) is 0 Å². The van der Waals surface area contributed by atoms with Crippen LogP contribution >= 0.6 is 0 Å². The lowest BCUT2D eigenvalue weighted by atomic mass is 10.2. The van der Waals surface area contributed by atoms with E-state index in [4.69, 9.17) is 14.2 Å². The highest BCUT2D eigenvalue weighted by Crippen LogP contribution is 2.18. The highest BCUT2D eigenvalue weighted by Gasteiger charge is 2.16. The number of benzene rings is 2. The smallest absolute Gasteiger partial charge is 0.331 e. The van der Waals surface area contributed by atoms with Gasteiger partial charge < -0.3 is 19.5 Å². The summed E-state index contributed by atoms with van der Waals surface area (Å²) >= 11 is 0. The average Bonchev–Trinajstić information content (AvgIpc) is 2.67. The van der Waals surface area contributed by atoms with Gasteiger partial charge in [-0.3, -0.25) is 4.79 Å². The maximum absolute atomic E-state index is 13.6. The first-order valence-corrected chi connectivity index (χ1v) is 8.10. The Kier molecular flexibility index (Phi) is 6.93. The number of nitrogens with one attached hydrogen (secondary N) is 1. The number of methoxy groups -OCH3 is 2. The van der Waals surface area contributed by atoms with Gasteiger partial charge in [0.05, 0.1) is 14.2 Å². The van der Waals surface area contributed by atoms with Crippen LogP contribution in [0.2, 0.25) is 0 Å². The number of hydrogen-bond acceptors (Lipinski definition) is 5. The van der Waals surface area contributed by atoms with Crippen LogP contribution in [0.3, 0.4) is 0 Å². The minimum Gasteiger partial charge on any atom is -0.497 e. The Hall–Kier alpha value is -3.35. The maximum atomic E-state index is 13.6. The van der Waals surface area contributed by atoms with Crippen molar-refractivity contribution in [2.24, 2.45) is 0 Å². The van der Waals surface area contributed by atoms with Crippen LogP contribution in [0.4, 0.5) is 10.1 Å². The van der Waals surface area contributed by atoms with Crippen LogP contribution in [-0.2, 0) is 14.3 Å². The lowest BCUT2D eigenvalue weighted by molar-refractivity contribution is -0.148. The highest BCUT2D eigenvalue weighted by molar-refractivity contribution is 5.96. The third kappa shape index (κ3) is 5.85. The summed E-state index contributed by atoms with van der Waals surface area (Å²) in [7, 11) is 2.91. The molecule has 2 rings (SSSR count). The standard InChI is InChI=1S/C20H20FNO5/c1-13(20(24)22-15-6-8-16(25-2)9-7-15)27-19(23)11-5-14-4-10-18(26-3)17(21)12-14/h4-13H,1-3H3,(H,22,24)/b11-5+/t13-/m0/s1. The number of hydrogen-bond donors (Lipinski definition) is 1. The van der Waals surface area contributed by atoms with Gasteiger partial charge >= 0.3 is 5.97 Å². The molecule has 0 spiro atoms. The van der Waals surface area contributed by atoms with E-state index in [2.05, 4.69) is 5.32 Å². The fourth-order valence-electron chi connectivity index (χ4n) is 2.14. The van der Waals surface area contributed by atoms with Crippen LogP contribution in [-0.4, -0.2) is 32.2 Å². The predicted octanol–water partition coefficient (Wildman–Crippen LogP) is 3.43. The third-order valence-corrected chi connectivity index (χ3v) is 3.61. The van der Waals surface area contributed by atoms with Crippen molar-refractivity contribution in [1.82, 2.24) is 0 Å². The quantitative estimate of drug-likeness (QED) is 0.595. The van der Waals surface area contributed by atoms with Crippen molar-refractivity contribution in [2.75, 3.05) is 19.5 Å². The van der Waals surface area contributed by atoms with Crippen molar-refractivity contribution in [3.63, 3.8) is 0 Å². The van der Waals surface area contributed by atoms with E-state index in [1.54, 1.807) is 37.4 Å². The first kappa shape index (κ1) is 20.0. The molecule has 6 nitrogen and oxygen atoms in total. The van der Waals surface area contributed by atoms with E-state index >= 15 is 0 Å². The molecule has 2 aromatic carbocycles. The van der Waals surface area contributed by atoms with Crippen molar-refractivity contribution in [3.05, 3.63) is 59.9 Å². The van der Waals surface area contributed by atoms with Crippen LogP contribution in [0, 0.1) is 5.82 Å². The summed E-state index contributed by atoms with van der Waals surface area (Å²) < 4.78 is 28.5. The molecule has 7 heteroatoms. The molecule has 1 atom stereocenters. The third-order valence-electron chi connectivity index (χ3n) is 3.61. The molecular weight excluding hydrogens is 353 g/mol. The molecule has 1 amide bonds. The summed E-state index contributed by atoms with van der Waals surface area (Å²) in [6.07, 6.45) is 1.51. The first-order valence-electron chi connectivity index (χ1n) is 8.10. The van der Waals surface area contributed by atoms with Gasteiger partial charge in [-0.2, -0.15) is 0 Å². The molecule has 0 fully saturated rings. The molecule has 0 heterocycles. The zero-order chi connectivity index (χ0) is 19.8. The molecule has 0 aromatic heterocycles. The van der Waals surface area contributed by atoms with Gasteiger partial charge in [-0.05, 0) is 55.0 Å². The van der Waals surface area contributed by atoms with E-state index in [1.807, 2.05) is 0 Å². The fraction of sp³-hybridized carbons (Fsp3) is 0.200. The Morgan fingerprint density at radius 1 is 1.07 bits per heavy atom. The Labute approximate surface area is 156 Å². The molecule has 0 unspecified atom stereocenters. The van der Waals surface area contributed by atoms with E-state index in [1.165, 1.54) is 32.2 Å². The Balaban J connectivity index is 1.89. The van der Waals surface area contributed by atoms with E-state index < -0.39 is 23.8 Å². The molecular formula is C20H20FNO5. The number of halogens is 1. The summed E-state index contributed by atoms with van der Waals surface area (Å²) in [5, 5.41) is 2.63. The Morgan fingerprint density at radius 3 is 2.37 bits per heavy atom. The van der Waals surface area contributed by atoms with Crippen molar-refractivity contribution in [3.8, 4) is 11.5 Å². The molecule has 0 saturated heterocycles. The van der Waals surface area contributed by atoms with E-state index in [0.29, 0.717) is 17.0 Å². The molecule has 27 heavy (non-hydrogen) atoms. The lowest BCUT2D eigenvalue weighted by Gasteiger charge is -2.12. The van der Waals surface area contributed by atoms with Gasteiger partial charge in [0.2, 0.25) is 0 Å². The molecule has 0 aliphatic rings. The van der Waals surface area contributed by atoms with E-state index in [9.17, 15) is 14.0 Å². The number of carbonyl (C=O) groups excluding carboxylic acids is 2. The zero-order valence-corrected chi connectivity index (χ0v) is 15.2. The average molecular weight is 373 g/mol. The van der Waals surface area contributed by atoms with Gasteiger partial charge in [0.15, 0.2) is 17.7 Å². The molecule has 2 aromatic rings. The van der Waals surface area contributed by atoms with Crippen LogP contribution < -0.4 is 14.8 Å². The number of anilines is 1. The van der Waals surface area contributed by atoms with Gasteiger partial charge in [0, 0.05) is 11.8 Å². The first-order chi connectivity index (χ1) is 12.9. The van der Waals surface area contributed by atoms with E-state index in [-0.39, 0.29) is 5.75 Å². The van der Waals surface area contributed by atoms with Crippen LogP contribution in [0.15, 0.2) is 48.5 Å². The SMILES string of the molecule is COc1ccc(NC(=O)[C@H](C)OC(=O)/C=C/c2ccc(OC)c(F)c2)cc1. The Morgan fingerprint density at radius 2 is 1.78 bits per heavy atom. The Bertz CT molecular complexity index is 833. The van der Waals surface area contributed by atoms with Crippen molar-refractivity contribution in [2.45, 2.75) is 13.0 Å². The minimum absolute atomic E-state index is 0.110. The summed E-state index contributed by atoms with van der Waals surface area (Å²) in [6.45, 7) is 1.46. The molecule has 0 saturated carbocycles. The molecule has 0 radical (unpaired) electrons. The fourth-order valence-corrected chi connectivity index (χ4v) is 2.14. The molecule has 1 N–H and O–H groups in total. The lowest BCUT2D eigenvalue weighted by Crippen LogP contribution is -2.29. The van der Waals surface area contributed by atoms with Crippen LogP contribution in [0.25, 0.3) is 6.08 Å². The second kappa shape index (κ2) is 9.38. The summed E-state index contributed by atoms with van der Waals surface area (Å²) in [5.41, 5.74) is 1.01. The monoisotopic (exact) mass is 373 g/mol. The van der Waals surface area contributed by atoms with Gasteiger partial charge in [-0.1, -0.05) is 6.07 Å². The topological polar surface area (TPSA) is 73.9 Å². The second-order valence-electron chi connectivity index (χ2n) is 5.52. The second-order valence-corrected chi connectivity index (χ2v) is 5.52. The number of ether oxygens (including phenoxy) is 3. The van der Waals surface area contributed by atoms with Gasteiger partial charge in [0.1, 0.15) is 5.75 Å². The maximum Gasteiger partial charge on any atom is 0.331 e. The summed E-state index contributed by atoms with van der Waals surface area (Å²) in [5.74, 6) is -0.965. The highest BCUT2D eigenvalue weighted by atomic mass is 19.1. The largest absolute Gasteiger partial charge is 0.497 e. The molecule has 0 bridgehead atoms. The van der Waals surface area contributed by atoms with Crippen molar-refractivity contribution >= 4 is 23.6 Å². The number of carbonyl (C=O) groups is 2. The van der Waals surface area contributed by atoms with Gasteiger partial charge in [-0.25, -0.2) is 9.18 Å². The van der Waals surface area contributed by atoms with E-state index in [0.717, 1.165) is 6.08 Å². The van der Waals surface area contributed by atoms with Crippen molar-refractivity contribution < 1.29 is 28.2 Å². The zero-order valence-electron chi connectivity index (χ0n) is 15.2. The summed E-state index contributed by atoms with van der Waals surface area (Å²) in [6, 6.07) is 11.0. The molecule has 0 aliphatic heterocycles. The number of rotatable bonds is 7. The molecule has 142 valence electrons. The van der Waals surface area contributed by atoms with Crippen LogP contribution in [0.5, 0.6) is 11.5 Å². The number of amides is 1. The van der Waals surface area contributed by atoms with Crippen LogP contribution in [0.1, 0.15) is 12.5 Å². The predicted molar refractivity (Wildman–Crippen MR) is 99.2 cm³/mol. The van der Waals surface area contributed by atoms with Crippen molar-refractivity contribution in [1.29, 1.82) is 0 Å². The normalized spacial score (nSPS) is 11.7. The molecule has 0 aliphatic carbocycles. The summed E-state index contributed by atoms with van der Waals surface area (Å²) in [4.78, 5) is 23.9.